The highest BCUT2D eigenvalue weighted by molar-refractivity contribution is 5.86. The Morgan fingerprint density at radius 3 is 1.74 bits per heavy atom. The zero-order chi connectivity index (χ0) is 30.3. The van der Waals surface area contributed by atoms with Gasteiger partial charge in [-0.2, -0.15) is 0 Å². The molecule has 0 atom stereocenters. The number of aromatic nitrogens is 1. The fourth-order valence-corrected chi connectivity index (χ4v) is 5.46. The van der Waals surface area contributed by atoms with Gasteiger partial charge in [0, 0.05) is 24.8 Å². The van der Waals surface area contributed by atoms with Crippen LogP contribution in [-0.2, 0) is 13.1 Å². The Labute approximate surface area is 300 Å². The summed E-state index contributed by atoms with van der Waals surface area (Å²) in [4.78, 5) is 15.1. The van der Waals surface area contributed by atoms with E-state index in [9.17, 15) is 4.79 Å². The minimum atomic E-state index is -0.0169. The topological polar surface area (TPSA) is 78.0 Å². The molecule has 1 aromatic heterocycles. The van der Waals surface area contributed by atoms with Gasteiger partial charge in [0.25, 0.3) is 0 Å². The lowest BCUT2D eigenvalue weighted by Crippen LogP contribution is -2.24. The van der Waals surface area contributed by atoms with E-state index in [1.807, 2.05) is 6.20 Å². The van der Waals surface area contributed by atoms with Crippen molar-refractivity contribution in [2.75, 3.05) is 33.8 Å². The van der Waals surface area contributed by atoms with E-state index in [2.05, 4.69) is 67.0 Å². The van der Waals surface area contributed by atoms with Crippen molar-refractivity contribution in [3.8, 4) is 5.75 Å². The maximum Gasteiger partial charge on any atom is 0.223 e. The van der Waals surface area contributed by atoms with E-state index in [4.69, 9.17) is 4.74 Å². The molecule has 0 fully saturated rings. The molecule has 0 unspecified atom stereocenters. The molecule has 0 amide bonds. The molecule has 0 saturated carbocycles. The summed E-state index contributed by atoms with van der Waals surface area (Å²) in [5.41, 5.74) is 3.46. The van der Waals surface area contributed by atoms with Gasteiger partial charge in [-0.05, 0) is 52.5 Å². The lowest BCUT2D eigenvalue weighted by Gasteiger charge is -2.17. The van der Waals surface area contributed by atoms with Gasteiger partial charge in [-0.15, -0.1) is 37.2 Å². The predicted molar refractivity (Wildman–Crippen MR) is 206 cm³/mol. The van der Waals surface area contributed by atoms with Gasteiger partial charge in [0.15, 0.2) is 5.75 Å². The summed E-state index contributed by atoms with van der Waals surface area (Å²) < 4.78 is 8.19. The molecule has 270 valence electrons. The van der Waals surface area contributed by atoms with Gasteiger partial charge in [0.2, 0.25) is 5.43 Å². The van der Waals surface area contributed by atoms with Gasteiger partial charge in [0.05, 0.1) is 12.8 Å². The standard InChI is InChI=1S/C37H63N3O2.3ClH.H2O/c1-5-6-7-8-9-10-11-12-13-14-15-16-17-18-19-20-28-42-37-32-40(31-34-24-22-33(2)23-25-34)35(29-36(37)41)30-38-26-21-27-39(3)4;;;;/h22-25,29,32,38H,5-21,26-28,30-31H2,1-4H3;3*1H;1H2. The Morgan fingerprint density at radius 1 is 0.739 bits per heavy atom. The number of rotatable bonds is 26. The molecule has 2 aromatic rings. The van der Waals surface area contributed by atoms with E-state index < -0.39 is 0 Å². The molecule has 0 spiro atoms. The Hall–Kier alpha value is -1.28. The van der Waals surface area contributed by atoms with E-state index in [-0.39, 0.29) is 48.1 Å². The first kappa shape index (κ1) is 49.1. The van der Waals surface area contributed by atoms with Crippen LogP contribution < -0.4 is 15.5 Å². The van der Waals surface area contributed by atoms with Gasteiger partial charge in [-0.25, -0.2) is 0 Å². The molecule has 9 heteroatoms. The highest BCUT2D eigenvalue weighted by atomic mass is 35.5. The van der Waals surface area contributed by atoms with Crippen LogP contribution in [0.15, 0.2) is 41.3 Å². The quantitative estimate of drug-likeness (QED) is 0.0989. The van der Waals surface area contributed by atoms with Crippen molar-refractivity contribution >= 4 is 37.2 Å². The van der Waals surface area contributed by atoms with Crippen molar-refractivity contribution in [2.24, 2.45) is 0 Å². The number of nitrogens with one attached hydrogen (secondary N) is 1. The lowest BCUT2D eigenvalue weighted by molar-refractivity contribution is 0.298. The number of benzene rings is 1. The zero-order valence-electron chi connectivity index (χ0n) is 29.5. The van der Waals surface area contributed by atoms with Crippen molar-refractivity contribution in [3.05, 3.63) is 63.6 Å². The maximum atomic E-state index is 12.9. The average Bonchev–Trinajstić information content (AvgIpc) is 2.97. The largest absolute Gasteiger partial charge is 0.488 e. The van der Waals surface area contributed by atoms with Gasteiger partial charge in [-0.3, -0.25) is 4.79 Å². The number of aryl methyl sites for hydroxylation is 1. The SMILES string of the molecule is CCCCCCCCCCCCCCCCCCOc1cn(Cc2ccc(C)cc2)c(CNCCCN(C)C)cc1=O.Cl.Cl.Cl.O. The fraction of sp³-hybridized carbons (Fsp3) is 0.703. The molecule has 0 bridgehead atoms. The molecule has 0 aliphatic rings. The Kier molecular flexibility index (Phi) is 34.5. The molecule has 0 aliphatic carbocycles. The van der Waals surface area contributed by atoms with Crippen LogP contribution in [0.5, 0.6) is 5.75 Å². The Bertz CT molecular complexity index is 1000. The molecular weight excluding hydrogens is 641 g/mol. The van der Waals surface area contributed by atoms with E-state index in [1.165, 1.54) is 107 Å². The third-order valence-corrected chi connectivity index (χ3v) is 8.18. The smallest absolute Gasteiger partial charge is 0.223 e. The Balaban J connectivity index is -0.00000462. The number of hydrogen-bond acceptors (Lipinski definition) is 4. The van der Waals surface area contributed by atoms with Crippen molar-refractivity contribution in [1.82, 2.24) is 14.8 Å². The molecule has 0 radical (unpaired) electrons. The predicted octanol–water partition coefficient (Wildman–Crippen LogP) is 9.33. The fourth-order valence-electron chi connectivity index (χ4n) is 5.46. The van der Waals surface area contributed by atoms with Gasteiger partial charge < -0.3 is 25.0 Å². The number of unbranched alkanes of at least 4 members (excludes halogenated alkanes) is 15. The second-order valence-electron chi connectivity index (χ2n) is 12.6. The number of pyridine rings is 1. The van der Waals surface area contributed by atoms with Crippen LogP contribution in [0.25, 0.3) is 0 Å². The van der Waals surface area contributed by atoms with Gasteiger partial charge >= 0.3 is 0 Å². The molecule has 46 heavy (non-hydrogen) atoms. The van der Waals surface area contributed by atoms with Crippen molar-refractivity contribution in [1.29, 1.82) is 0 Å². The van der Waals surface area contributed by atoms with Crippen LogP contribution in [0.4, 0.5) is 0 Å². The molecule has 0 aliphatic heterocycles. The highest BCUT2D eigenvalue weighted by Gasteiger charge is 2.09. The van der Waals surface area contributed by atoms with Crippen LogP contribution in [0, 0.1) is 6.92 Å². The number of nitrogens with zero attached hydrogens (tertiary/aromatic N) is 2. The number of ether oxygens (including phenoxy) is 1. The molecule has 1 aromatic carbocycles. The molecule has 6 nitrogen and oxygen atoms in total. The van der Waals surface area contributed by atoms with Crippen LogP contribution in [0.3, 0.4) is 0 Å². The third-order valence-electron chi connectivity index (χ3n) is 8.18. The van der Waals surface area contributed by atoms with Crippen molar-refractivity contribution < 1.29 is 10.2 Å². The monoisotopic (exact) mass is 707 g/mol. The van der Waals surface area contributed by atoms with Crippen molar-refractivity contribution in [3.63, 3.8) is 0 Å². The van der Waals surface area contributed by atoms with E-state index >= 15 is 0 Å². The number of halogens is 3. The lowest BCUT2D eigenvalue weighted by atomic mass is 10.0. The second-order valence-corrected chi connectivity index (χ2v) is 12.6. The average molecular weight is 709 g/mol. The zero-order valence-corrected chi connectivity index (χ0v) is 31.9. The first-order valence-electron chi connectivity index (χ1n) is 17.3. The Morgan fingerprint density at radius 2 is 1.24 bits per heavy atom. The third kappa shape index (κ3) is 23.9. The minimum Gasteiger partial charge on any atom is -0.488 e. The van der Waals surface area contributed by atoms with Gasteiger partial charge in [-0.1, -0.05) is 133 Å². The normalized spacial score (nSPS) is 10.5. The molecular formula is C37H68Cl3N3O3. The van der Waals surface area contributed by atoms with E-state index in [0.717, 1.165) is 38.2 Å². The molecule has 0 saturated heterocycles. The van der Waals surface area contributed by atoms with Gasteiger partial charge in [0.1, 0.15) is 0 Å². The van der Waals surface area contributed by atoms with E-state index in [0.29, 0.717) is 18.9 Å². The molecule has 3 N–H and O–H groups in total. The van der Waals surface area contributed by atoms with Crippen LogP contribution in [-0.4, -0.2) is 48.7 Å². The first-order chi connectivity index (χ1) is 20.5. The van der Waals surface area contributed by atoms with Crippen LogP contribution >= 0.6 is 37.2 Å². The summed E-state index contributed by atoms with van der Waals surface area (Å²) >= 11 is 0. The number of hydrogen-bond donors (Lipinski definition) is 1. The highest BCUT2D eigenvalue weighted by Crippen LogP contribution is 2.15. The minimum absolute atomic E-state index is 0. The summed E-state index contributed by atoms with van der Waals surface area (Å²) in [6.45, 7) is 8.38. The summed E-state index contributed by atoms with van der Waals surface area (Å²) in [5, 5.41) is 3.52. The maximum absolute atomic E-state index is 12.9. The molecule has 2 rings (SSSR count). The van der Waals surface area contributed by atoms with E-state index in [1.54, 1.807) is 6.07 Å². The molecule has 1 heterocycles. The van der Waals surface area contributed by atoms with Crippen molar-refractivity contribution in [2.45, 2.75) is 136 Å². The van der Waals surface area contributed by atoms with Crippen LogP contribution in [0.2, 0.25) is 0 Å². The summed E-state index contributed by atoms with van der Waals surface area (Å²) in [7, 11) is 4.19. The summed E-state index contributed by atoms with van der Waals surface area (Å²) in [6.07, 6.45) is 24.6. The first-order valence-corrected chi connectivity index (χ1v) is 17.3. The van der Waals surface area contributed by atoms with Crippen LogP contribution in [0.1, 0.15) is 133 Å². The second kappa shape index (κ2) is 32.3. The summed E-state index contributed by atoms with van der Waals surface area (Å²) in [5.74, 6) is 0.472. The summed E-state index contributed by atoms with van der Waals surface area (Å²) in [6, 6.07) is 10.4.